The number of nitrogens with two attached hydrogens (primary N) is 1. The summed E-state index contributed by atoms with van der Waals surface area (Å²) in [4.78, 5) is 4.58. The van der Waals surface area contributed by atoms with Gasteiger partial charge in [-0.25, -0.2) is 4.98 Å². The van der Waals surface area contributed by atoms with Gasteiger partial charge >= 0.3 is 0 Å². The Balaban J connectivity index is 2.44. The highest BCUT2D eigenvalue weighted by molar-refractivity contribution is 9.10. The van der Waals surface area contributed by atoms with Crippen LogP contribution in [-0.2, 0) is 5.54 Å². The van der Waals surface area contributed by atoms with Gasteiger partial charge in [-0.2, -0.15) is 0 Å². The van der Waals surface area contributed by atoms with Gasteiger partial charge in [0.15, 0.2) is 0 Å². The van der Waals surface area contributed by atoms with Crippen molar-refractivity contribution in [3.63, 3.8) is 0 Å². The van der Waals surface area contributed by atoms with E-state index in [-0.39, 0.29) is 5.54 Å². The van der Waals surface area contributed by atoms with Crippen LogP contribution in [0.15, 0.2) is 34.1 Å². The Morgan fingerprint density at radius 3 is 2.56 bits per heavy atom. The first-order valence-corrected chi connectivity index (χ1v) is 6.65. The fourth-order valence-electron chi connectivity index (χ4n) is 1.36. The van der Waals surface area contributed by atoms with E-state index in [2.05, 4.69) is 20.9 Å². The molecule has 0 unspecified atom stereocenters. The first kappa shape index (κ1) is 11.8. The maximum atomic E-state index is 6.02. The van der Waals surface area contributed by atoms with E-state index >= 15 is 0 Å². The second-order valence-electron chi connectivity index (χ2n) is 4.24. The van der Waals surface area contributed by atoms with Crippen molar-refractivity contribution in [1.29, 1.82) is 0 Å². The van der Waals surface area contributed by atoms with E-state index in [1.54, 1.807) is 11.3 Å². The van der Waals surface area contributed by atoms with Crippen molar-refractivity contribution in [1.82, 2.24) is 4.98 Å². The van der Waals surface area contributed by atoms with Crippen LogP contribution < -0.4 is 5.73 Å². The molecule has 2 nitrogen and oxygen atoms in total. The Morgan fingerprint density at radius 1 is 1.31 bits per heavy atom. The van der Waals surface area contributed by atoms with Crippen molar-refractivity contribution in [3.8, 4) is 11.3 Å². The zero-order valence-electron chi connectivity index (χ0n) is 9.20. The third-order valence-electron chi connectivity index (χ3n) is 2.21. The van der Waals surface area contributed by atoms with Crippen molar-refractivity contribution < 1.29 is 0 Å². The number of hydrogen-bond acceptors (Lipinski definition) is 3. The molecule has 0 spiro atoms. The SMILES string of the molecule is CC(C)(N)c1nc(-c2ccccc2Br)cs1. The standard InChI is InChI=1S/C12H13BrN2S/c1-12(2,14)11-15-10(7-16-11)8-5-3-4-6-9(8)13/h3-7H,14H2,1-2H3. The summed E-state index contributed by atoms with van der Waals surface area (Å²) in [6.07, 6.45) is 0. The first-order valence-electron chi connectivity index (χ1n) is 4.98. The lowest BCUT2D eigenvalue weighted by atomic mass is 10.1. The molecule has 16 heavy (non-hydrogen) atoms. The molecule has 2 N–H and O–H groups in total. The highest BCUT2D eigenvalue weighted by Gasteiger charge is 2.19. The maximum Gasteiger partial charge on any atom is 0.113 e. The summed E-state index contributed by atoms with van der Waals surface area (Å²) in [7, 11) is 0. The molecule has 1 heterocycles. The van der Waals surface area contributed by atoms with Crippen LogP contribution in [0.1, 0.15) is 18.9 Å². The smallest absolute Gasteiger partial charge is 0.113 e. The minimum Gasteiger partial charge on any atom is -0.320 e. The molecule has 0 bridgehead atoms. The lowest BCUT2D eigenvalue weighted by Gasteiger charge is -2.13. The second-order valence-corrected chi connectivity index (χ2v) is 5.95. The van der Waals surface area contributed by atoms with Crippen molar-refractivity contribution in [2.24, 2.45) is 5.73 Å². The largest absolute Gasteiger partial charge is 0.320 e. The van der Waals surface area contributed by atoms with Crippen LogP contribution in [0.3, 0.4) is 0 Å². The van der Waals surface area contributed by atoms with E-state index in [0.717, 1.165) is 20.7 Å². The number of rotatable bonds is 2. The number of aromatic nitrogens is 1. The summed E-state index contributed by atoms with van der Waals surface area (Å²) >= 11 is 5.13. The molecule has 0 radical (unpaired) electrons. The van der Waals surface area contributed by atoms with Crippen LogP contribution in [0, 0.1) is 0 Å². The molecule has 0 saturated heterocycles. The highest BCUT2D eigenvalue weighted by Crippen LogP contribution is 2.31. The van der Waals surface area contributed by atoms with Crippen molar-refractivity contribution in [2.45, 2.75) is 19.4 Å². The van der Waals surface area contributed by atoms with Gasteiger partial charge in [-0.3, -0.25) is 0 Å². The van der Waals surface area contributed by atoms with Crippen LogP contribution >= 0.6 is 27.3 Å². The van der Waals surface area contributed by atoms with Gasteiger partial charge in [-0.05, 0) is 19.9 Å². The van der Waals surface area contributed by atoms with Gasteiger partial charge in [0, 0.05) is 15.4 Å². The van der Waals surface area contributed by atoms with Gasteiger partial charge in [0.2, 0.25) is 0 Å². The van der Waals surface area contributed by atoms with Crippen molar-refractivity contribution >= 4 is 27.3 Å². The number of nitrogens with zero attached hydrogens (tertiary/aromatic N) is 1. The van der Waals surface area contributed by atoms with E-state index < -0.39 is 0 Å². The molecular weight excluding hydrogens is 284 g/mol. The normalized spacial score (nSPS) is 11.8. The predicted octanol–water partition coefficient (Wildman–Crippen LogP) is 3.77. The Bertz CT molecular complexity index is 500. The summed E-state index contributed by atoms with van der Waals surface area (Å²) in [5, 5.41) is 3.00. The zero-order valence-corrected chi connectivity index (χ0v) is 11.6. The fraction of sp³-hybridized carbons (Fsp3) is 0.250. The Labute approximate surface area is 108 Å². The summed E-state index contributed by atoms with van der Waals surface area (Å²) in [6.45, 7) is 3.94. The van der Waals surface area contributed by atoms with Crippen LogP contribution in [0.2, 0.25) is 0 Å². The summed E-state index contributed by atoms with van der Waals surface area (Å²) in [5.41, 5.74) is 7.74. The van der Waals surface area contributed by atoms with E-state index in [0.29, 0.717) is 0 Å². The monoisotopic (exact) mass is 296 g/mol. The second kappa shape index (κ2) is 4.28. The van der Waals surface area contributed by atoms with Gasteiger partial charge in [0.05, 0.1) is 11.2 Å². The molecule has 0 aliphatic rings. The average Bonchev–Trinajstić information content (AvgIpc) is 2.66. The molecule has 2 aromatic rings. The lowest BCUT2D eigenvalue weighted by molar-refractivity contribution is 0.551. The highest BCUT2D eigenvalue weighted by atomic mass is 79.9. The Morgan fingerprint density at radius 2 is 2.00 bits per heavy atom. The summed E-state index contributed by atoms with van der Waals surface area (Å²) in [6, 6.07) is 8.06. The van der Waals surface area contributed by atoms with Crippen LogP contribution in [-0.4, -0.2) is 4.98 Å². The minimum atomic E-state index is -0.371. The third kappa shape index (κ3) is 2.34. The van der Waals surface area contributed by atoms with Gasteiger partial charge in [-0.15, -0.1) is 11.3 Å². The zero-order chi connectivity index (χ0) is 11.8. The number of hydrogen-bond donors (Lipinski definition) is 1. The molecule has 0 fully saturated rings. The molecule has 0 amide bonds. The molecule has 0 atom stereocenters. The third-order valence-corrected chi connectivity index (χ3v) is 4.08. The number of halogens is 1. The molecule has 0 aliphatic carbocycles. The van der Waals surface area contributed by atoms with Crippen LogP contribution in [0.25, 0.3) is 11.3 Å². The Kier molecular flexibility index (Phi) is 3.15. The van der Waals surface area contributed by atoms with E-state index in [1.807, 2.05) is 43.5 Å². The summed E-state index contributed by atoms with van der Waals surface area (Å²) < 4.78 is 1.06. The van der Waals surface area contributed by atoms with Crippen LogP contribution in [0.4, 0.5) is 0 Å². The Hall–Kier alpha value is -0.710. The lowest BCUT2D eigenvalue weighted by Crippen LogP contribution is -2.28. The topological polar surface area (TPSA) is 38.9 Å². The molecular formula is C12H13BrN2S. The van der Waals surface area contributed by atoms with E-state index in [4.69, 9.17) is 5.73 Å². The molecule has 0 aliphatic heterocycles. The van der Waals surface area contributed by atoms with E-state index in [1.165, 1.54) is 0 Å². The predicted molar refractivity (Wildman–Crippen MR) is 72.5 cm³/mol. The average molecular weight is 297 g/mol. The molecule has 1 aromatic carbocycles. The number of thiazole rings is 1. The minimum absolute atomic E-state index is 0.371. The quantitative estimate of drug-likeness (QED) is 0.916. The van der Waals surface area contributed by atoms with Gasteiger partial charge in [0.25, 0.3) is 0 Å². The van der Waals surface area contributed by atoms with Gasteiger partial charge in [0.1, 0.15) is 5.01 Å². The van der Waals surface area contributed by atoms with Gasteiger partial charge in [-0.1, -0.05) is 34.1 Å². The first-order chi connectivity index (χ1) is 7.48. The molecule has 84 valence electrons. The molecule has 0 saturated carbocycles. The van der Waals surface area contributed by atoms with Gasteiger partial charge < -0.3 is 5.73 Å². The fourth-order valence-corrected chi connectivity index (χ4v) is 2.71. The number of benzene rings is 1. The molecule has 4 heteroatoms. The van der Waals surface area contributed by atoms with Crippen molar-refractivity contribution in [3.05, 3.63) is 39.1 Å². The van der Waals surface area contributed by atoms with E-state index in [9.17, 15) is 0 Å². The van der Waals surface area contributed by atoms with Crippen molar-refractivity contribution in [2.75, 3.05) is 0 Å². The summed E-state index contributed by atoms with van der Waals surface area (Å²) in [5.74, 6) is 0. The maximum absolute atomic E-state index is 6.02. The molecule has 2 rings (SSSR count). The molecule has 1 aromatic heterocycles. The van der Waals surface area contributed by atoms with Crippen LogP contribution in [0.5, 0.6) is 0 Å².